The third kappa shape index (κ3) is 6.17. The number of carbonyl (C=O) groups is 3. The van der Waals surface area contributed by atoms with Crippen LogP contribution in [0.15, 0.2) is 24.3 Å². The molecule has 0 aromatic heterocycles. The maximum Gasteiger partial charge on any atom is 0.310 e. The molecule has 7 heteroatoms. The highest BCUT2D eigenvalue weighted by Crippen LogP contribution is 2.33. The zero-order chi connectivity index (χ0) is 25.3. The first-order chi connectivity index (χ1) is 15.8. The Balaban J connectivity index is 1.69. The maximum atomic E-state index is 13.3. The summed E-state index contributed by atoms with van der Waals surface area (Å²) in [6.07, 6.45) is 2.79. The highest BCUT2D eigenvalue weighted by atomic mass is 16.5. The topological polar surface area (TPSA) is 87.7 Å². The number of benzene rings is 1. The minimum Gasteiger partial charge on any atom is -0.469 e. The van der Waals surface area contributed by atoms with Gasteiger partial charge in [-0.25, -0.2) is 0 Å². The molecule has 0 bridgehead atoms. The lowest BCUT2D eigenvalue weighted by atomic mass is 9.80. The van der Waals surface area contributed by atoms with Crippen molar-refractivity contribution in [3.63, 3.8) is 0 Å². The number of rotatable bonds is 5. The highest BCUT2D eigenvalue weighted by molar-refractivity contribution is 5.98. The predicted molar refractivity (Wildman–Crippen MR) is 133 cm³/mol. The summed E-state index contributed by atoms with van der Waals surface area (Å²) in [5, 5.41) is 6.52. The van der Waals surface area contributed by atoms with Crippen LogP contribution in [0.2, 0.25) is 0 Å². The van der Waals surface area contributed by atoms with Gasteiger partial charge < -0.3 is 20.3 Å². The second-order valence-electron chi connectivity index (χ2n) is 11.8. The molecule has 4 atom stereocenters. The number of hydrogen-bond acceptors (Lipinski definition) is 5. The van der Waals surface area contributed by atoms with Gasteiger partial charge in [-0.1, -0.05) is 32.9 Å². The van der Waals surface area contributed by atoms with E-state index in [1.165, 1.54) is 7.11 Å². The lowest BCUT2D eigenvalue weighted by molar-refractivity contribution is -0.151. The van der Waals surface area contributed by atoms with E-state index in [4.69, 9.17) is 4.74 Å². The smallest absolute Gasteiger partial charge is 0.310 e. The van der Waals surface area contributed by atoms with Crippen LogP contribution in [-0.4, -0.2) is 60.0 Å². The van der Waals surface area contributed by atoms with E-state index in [0.29, 0.717) is 24.9 Å². The third-order valence-corrected chi connectivity index (χ3v) is 6.89. The number of carbonyl (C=O) groups excluding carboxylic acids is 3. The molecule has 2 aliphatic rings. The lowest BCUT2D eigenvalue weighted by Crippen LogP contribution is -2.55. The third-order valence-electron chi connectivity index (χ3n) is 6.89. The van der Waals surface area contributed by atoms with Crippen LogP contribution >= 0.6 is 0 Å². The van der Waals surface area contributed by atoms with Gasteiger partial charge in [0.15, 0.2) is 0 Å². The van der Waals surface area contributed by atoms with Crippen molar-refractivity contribution < 1.29 is 19.1 Å². The Bertz CT molecular complexity index is 915. The summed E-state index contributed by atoms with van der Waals surface area (Å²) in [5.41, 5.74) is 1.50. The molecule has 0 spiro atoms. The number of amides is 2. The van der Waals surface area contributed by atoms with Crippen LogP contribution in [0, 0.1) is 5.92 Å². The highest BCUT2D eigenvalue weighted by Gasteiger charge is 2.45. The first-order valence-electron chi connectivity index (χ1n) is 12.4. The zero-order valence-corrected chi connectivity index (χ0v) is 21.7. The largest absolute Gasteiger partial charge is 0.469 e. The average Bonchev–Trinajstić information content (AvgIpc) is 3.11. The van der Waals surface area contributed by atoms with Crippen molar-refractivity contribution >= 4 is 17.8 Å². The molecule has 3 unspecified atom stereocenters. The van der Waals surface area contributed by atoms with Crippen molar-refractivity contribution in [2.24, 2.45) is 5.92 Å². The van der Waals surface area contributed by atoms with E-state index in [9.17, 15) is 14.4 Å². The van der Waals surface area contributed by atoms with Crippen molar-refractivity contribution in [2.45, 2.75) is 96.3 Å². The van der Waals surface area contributed by atoms with Gasteiger partial charge >= 0.3 is 5.97 Å². The van der Waals surface area contributed by atoms with Gasteiger partial charge in [-0.3, -0.25) is 14.4 Å². The normalized spacial score (nSPS) is 25.9. The minimum absolute atomic E-state index is 0.0543. The predicted octanol–water partition coefficient (Wildman–Crippen LogP) is 3.41. The van der Waals surface area contributed by atoms with Gasteiger partial charge in [-0.15, -0.1) is 0 Å². The molecule has 1 heterocycles. The van der Waals surface area contributed by atoms with Gasteiger partial charge in [0.2, 0.25) is 5.91 Å². The summed E-state index contributed by atoms with van der Waals surface area (Å²) < 4.78 is 5.11. The van der Waals surface area contributed by atoms with Crippen LogP contribution in [0.5, 0.6) is 0 Å². The molecule has 0 radical (unpaired) electrons. The number of likely N-dealkylation sites (tertiary alicyclic amines) is 1. The molecular weight excluding hydrogens is 430 g/mol. The van der Waals surface area contributed by atoms with Crippen LogP contribution in [0.1, 0.15) is 83.1 Å². The summed E-state index contributed by atoms with van der Waals surface area (Å²) in [6.45, 7) is 13.2. The first kappa shape index (κ1) is 26.2. The number of nitrogens with zero attached hydrogens (tertiary/aromatic N) is 1. The van der Waals surface area contributed by atoms with Gasteiger partial charge in [0.05, 0.1) is 13.0 Å². The van der Waals surface area contributed by atoms with Gasteiger partial charge in [0.1, 0.15) is 6.04 Å². The van der Waals surface area contributed by atoms with Gasteiger partial charge in [-0.05, 0) is 69.6 Å². The summed E-state index contributed by atoms with van der Waals surface area (Å²) in [7, 11) is 1.40. The van der Waals surface area contributed by atoms with E-state index in [1.807, 2.05) is 18.2 Å². The van der Waals surface area contributed by atoms with Crippen LogP contribution in [-0.2, 0) is 19.7 Å². The zero-order valence-electron chi connectivity index (χ0n) is 21.7. The monoisotopic (exact) mass is 471 g/mol. The van der Waals surface area contributed by atoms with Gasteiger partial charge in [0, 0.05) is 29.7 Å². The molecule has 2 amide bonds. The summed E-state index contributed by atoms with van der Waals surface area (Å²) in [4.78, 5) is 40.7. The average molecular weight is 472 g/mol. The summed E-state index contributed by atoms with van der Waals surface area (Å²) in [6, 6.07) is 6.98. The fraction of sp³-hybridized carbons (Fsp3) is 0.667. The van der Waals surface area contributed by atoms with Crippen molar-refractivity contribution in [2.75, 3.05) is 13.7 Å². The number of methoxy groups -OCH3 is 1. The van der Waals surface area contributed by atoms with Crippen molar-refractivity contribution in [3.05, 3.63) is 35.4 Å². The molecule has 1 saturated heterocycles. The molecule has 1 aliphatic carbocycles. The van der Waals surface area contributed by atoms with Crippen LogP contribution in [0.4, 0.5) is 0 Å². The van der Waals surface area contributed by atoms with Gasteiger partial charge in [0.25, 0.3) is 5.91 Å². The van der Waals surface area contributed by atoms with Crippen LogP contribution in [0.25, 0.3) is 0 Å². The van der Waals surface area contributed by atoms with E-state index in [1.54, 1.807) is 11.0 Å². The van der Waals surface area contributed by atoms with Crippen LogP contribution < -0.4 is 10.6 Å². The standard InChI is InChI=1S/C27H41N3O4/c1-26(2,3)18-10-8-9-17(15-18)23(31)28-21-13-14-30(24(21)32)22-12-11-19(29-27(4,5)6)16-20(22)25(33)34-7/h8-10,15,19-22,29H,11-14,16H2,1-7H3,(H,28,31)/t19?,20?,21-,22?/m0/s1. The number of ether oxygens (including phenoxy) is 1. The van der Waals surface area contributed by atoms with Crippen molar-refractivity contribution in [3.8, 4) is 0 Å². The van der Waals surface area contributed by atoms with E-state index in [2.05, 4.69) is 52.2 Å². The Morgan fingerprint density at radius 2 is 1.76 bits per heavy atom. The van der Waals surface area contributed by atoms with Gasteiger partial charge in [-0.2, -0.15) is 0 Å². The van der Waals surface area contributed by atoms with Crippen molar-refractivity contribution in [1.82, 2.24) is 15.5 Å². The molecule has 1 aromatic carbocycles. The second-order valence-corrected chi connectivity index (χ2v) is 11.8. The molecule has 7 nitrogen and oxygen atoms in total. The Morgan fingerprint density at radius 3 is 2.38 bits per heavy atom. The van der Waals surface area contributed by atoms with Crippen LogP contribution in [0.3, 0.4) is 0 Å². The lowest BCUT2D eigenvalue weighted by Gasteiger charge is -2.41. The maximum absolute atomic E-state index is 13.3. The molecule has 3 rings (SSSR count). The van der Waals surface area contributed by atoms with E-state index < -0.39 is 6.04 Å². The summed E-state index contributed by atoms with van der Waals surface area (Å²) in [5.74, 6) is -1.000. The minimum atomic E-state index is -0.575. The second kappa shape index (κ2) is 10.1. The molecule has 1 saturated carbocycles. The Hall–Kier alpha value is -2.41. The SMILES string of the molecule is COC(=O)C1CC(NC(C)(C)C)CCC1N1CC[C@H](NC(=O)c2cccc(C(C)(C)C)c2)C1=O. The Morgan fingerprint density at radius 1 is 1.06 bits per heavy atom. The molecule has 1 aromatic rings. The number of hydrogen-bond donors (Lipinski definition) is 2. The first-order valence-corrected chi connectivity index (χ1v) is 12.4. The molecular formula is C27H41N3O4. The van der Waals surface area contributed by atoms with E-state index in [0.717, 1.165) is 18.4 Å². The fourth-order valence-electron chi connectivity index (χ4n) is 5.21. The van der Waals surface area contributed by atoms with E-state index in [-0.39, 0.29) is 46.7 Å². The molecule has 1 aliphatic heterocycles. The number of esters is 1. The Labute approximate surface area is 204 Å². The quantitative estimate of drug-likeness (QED) is 0.643. The Kier molecular flexibility index (Phi) is 7.75. The fourth-order valence-corrected chi connectivity index (χ4v) is 5.21. The number of nitrogens with one attached hydrogen (secondary N) is 2. The molecule has 2 N–H and O–H groups in total. The van der Waals surface area contributed by atoms with E-state index >= 15 is 0 Å². The molecule has 34 heavy (non-hydrogen) atoms. The molecule has 188 valence electrons. The van der Waals surface area contributed by atoms with Crippen molar-refractivity contribution in [1.29, 1.82) is 0 Å². The summed E-state index contributed by atoms with van der Waals surface area (Å²) >= 11 is 0. The molecule has 2 fully saturated rings.